The SMILES string of the molecule is CCC1=C(C(=O)OC)C(c2ccc(Cl)cc2)C(C#N)C(CC(C)(C)C)=N1. The third-order valence-corrected chi connectivity index (χ3v) is 4.66. The molecule has 0 aromatic heterocycles. The van der Waals surface area contributed by atoms with Crippen LogP contribution in [0.5, 0.6) is 0 Å². The first-order valence-electron chi connectivity index (χ1n) is 8.75. The minimum absolute atomic E-state index is 0.0138. The summed E-state index contributed by atoms with van der Waals surface area (Å²) in [4.78, 5) is 17.3. The molecule has 0 aliphatic carbocycles. The van der Waals surface area contributed by atoms with Crippen LogP contribution in [0.1, 0.15) is 52.0 Å². The van der Waals surface area contributed by atoms with E-state index < -0.39 is 17.8 Å². The molecule has 1 aliphatic heterocycles. The Morgan fingerprint density at radius 1 is 1.31 bits per heavy atom. The first-order chi connectivity index (χ1) is 12.2. The van der Waals surface area contributed by atoms with E-state index in [1.165, 1.54) is 7.11 Å². The molecule has 26 heavy (non-hydrogen) atoms. The lowest BCUT2D eigenvalue weighted by Crippen LogP contribution is -2.32. The third-order valence-electron chi connectivity index (χ3n) is 4.41. The van der Waals surface area contributed by atoms with Gasteiger partial charge in [0.1, 0.15) is 0 Å². The van der Waals surface area contributed by atoms with Gasteiger partial charge in [0.25, 0.3) is 0 Å². The van der Waals surface area contributed by atoms with Crippen LogP contribution in [0.15, 0.2) is 40.5 Å². The minimum Gasteiger partial charge on any atom is -0.466 e. The Morgan fingerprint density at radius 3 is 2.38 bits per heavy atom. The molecule has 5 heteroatoms. The molecule has 0 bridgehead atoms. The maximum Gasteiger partial charge on any atom is 0.336 e. The van der Waals surface area contributed by atoms with Gasteiger partial charge < -0.3 is 4.74 Å². The average Bonchev–Trinajstić information content (AvgIpc) is 2.59. The highest BCUT2D eigenvalue weighted by atomic mass is 35.5. The fraction of sp³-hybridized carbons (Fsp3) is 0.476. The van der Waals surface area contributed by atoms with Gasteiger partial charge in [-0.05, 0) is 36.0 Å². The molecule has 0 fully saturated rings. The number of esters is 1. The maximum absolute atomic E-state index is 12.6. The predicted octanol–water partition coefficient (Wildman–Crippen LogP) is 5.29. The van der Waals surface area contributed by atoms with Gasteiger partial charge in [0.15, 0.2) is 0 Å². The van der Waals surface area contributed by atoms with Crippen molar-refractivity contribution in [2.45, 2.75) is 46.5 Å². The van der Waals surface area contributed by atoms with Crippen molar-refractivity contribution in [3.8, 4) is 6.07 Å². The largest absolute Gasteiger partial charge is 0.466 e. The van der Waals surface area contributed by atoms with Gasteiger partial charge in [0.05, 0.1) is 30.4 Å². The van der Waals surface area contributed by atoms with Crippen molar-refractivity contribution in [3.05, 3.63) is 46.1 Å². The Labute approximate surface area is 160 Å². The van der Waals surface area contributed by atoms with Crippen LogP contribution in [0.25, 0.3) is 0 Å². The summed E-state index contributed by atoms with van der Waals surface area (Å²) in [6.45, 7) is 8.31. The van der Waals surface area contributed by atoms with Gasteiger partial charge >= 0.3 is 5.97 Å². The Morgan fingerprint density at radius 2 is 1.92 bits per heavy atom. The number of benzene rings is 1. The van der Waals surface area contributed by atoms with E-state index in [2.05, 4.69) is 26.8 Å². The number of carbonyl (C=O) groups is 1. The van der Waals surface area contributed by atoms with Gasteiger partial charge in [-0.2, -0.15) is 5.26 Å². The number of rotatable bonds is 4. The summed E-state index contributed by atoms with van der Waals surface area (Å²) >= 11 is 6.03. The van der Waals surface area contributed by atoms with Crippen LogP contribution >= 0.6 is 11.6 Å². The van der Waals surface area contributed by atoms with Crippen LogP contribution in [-0.2, 0) is 9.53 Å². The molecule has 2 atom stereocenters. The molecule has 0 amide bonds. The van der Waals surface area contributed by atoms with Crippen molar-refractivity contribution < 1.29 is 9.53 Å². The van der Waals surface area contributed by atoms with E-state index in [1.807, 2.05) is 19.1 Å². The van der Waals surface area contributed by atoms with Gasteiger partial charge in [-0.25, -0.2) is 4.79 Å². The van der Waals surface area contributed by atoms with E-state index >= 15 is 0 Å². The molecular weight excluding hydrogens is 348 g/mol. The Hall–Kier alpha value is -2.12. The predicted molar refractivity (Wildman–Crippen MR) is 104 cm³/mol. The molecule has 0 saturated heterocycles. The molecule has 1 aromatic carbocycles. The van der Waals surface area contributed by atoms with E-state index in [0.717, 1.165) is 11.3 Å². The number of hydrogen-bond donors (Lipinski definition) is 0. The van der Waals surface area contributed by atoms with Crippen molar-refractivity contribution in [1.82, 2.24) is 0 Å². The van der Waals surface area contributed by atoms with Gasteiger partial charge in [-0.3, -0.25) is 4.99 Å². The molecule has 0 spiro atoms. The molecule has 4 nitrogen and oxygen atoms in total. The normalized spacial score (nSPS) is 20.4. The van der Waals surface area contributed by atoms with Gasteiger partial charge in [0.2, 0.25) is 0 Å². The van der Waals surface area contributed by atoms with Crippen molar-refractivity contribution in [2.24, 2.45) is 16.3 Å². The number of aliphatic imine (C=N–C) groups is 1. The molecule has 1 heterocycles. The van der Waals surface area contributed by atoms with Gasteiger partial charge in [-0.15, -0.1) is 0 Å². The summed E-state index contributed by atoms with van der Waals surface area (Å²) in [6, 6.07) is 9.68. The lowest BCUT2D eigenvalue weighted by molar-refractivity contribution is -0.136. The molecule has 0 saturated carbocycles. The number of methoxy groups -OCH3 is 1. The monoisotopic (exact) mass is 372 g/mol. The Kier molecular flexibility index (Phi) is 6.26. The lowest BCUT2D eigenvalue weighted by atomic mass is 9.72. The molecular formula is C21H25ClN2O2. The van der Waals surface area contributed by atoms with Crippen LogP contribution in [-0.4, -0.2) is 18.8 Å². The quantitative estimate of drug-likeness (QED) is 0.674. The second-order valence-corrected chi connectivity index (χ2v) is 8.12. The topological polar surface area (TPSA) is 62.5 Å². The number of nitrogens with zero attached hydrogens (tertiary/aromatic N) is 2. The summed E-state index contributed by atoms with van der Waals surface area (Å²) in [5, 5.41) is 10.6. The highest BCUT2D eigenvalue weighted by molar-refractivity contribution is 6.30. The highest BCUT2D eigenvalue weighted by Gasteiger charge is 2.40. The molecule has 1 aromatic rings. The fourth-order valence-electron chi connectivity index (χ4n) is 3.34. The first-order valence-corrected chi connectivity index (χ1v) is 9.13. The Bertz CT molecular complexity index is 780. The average molecular weight is 373 g/mol. The summed E-state index contributed by atoms with van der Waals surface area (Å²) in [5.41, 5.74) is 2.85. The number of halogens is 1. The molecule has 1 aliphatic rings. The molecule has 0 N–H and O–H groups in total. The number of carbonyl (C=O) groups excluding carboxylic acids is 1. The van der Waals surface area contributed by atoms with E-state index in [1.54, 1.807) is 12.1 Å². The van der Waals surface area contributed by atoms with Crippen molar-refractivity contribution >= 4 is 23.3 Å². The highest BCUT2D eigenvalue weighted by Crippen LogP contribution is 2.42. The van der Waals surface area contributed by atoms with Crippen molar-refractivity contribution in [2.75, 3.05) is 7.11 Å². The van der Waals surface area contributed by atoms with E-state index in [-0.39, 0.29) is 5.41 Å². The number of ether oxygens (including phenoxy) is 1. The molecule has 0 radical (unpaired) electrons. The van der Waals surface area contributed by atoms with Crippen molar-refractivity contribution in [1.29, 1.82) is 5.26 Å². The minimum atomic E-state index is -0.514. The number of nitriles is 1. The molecule has 2 unspecified atom stereocenters. The zero-order valence-corrected chi connectivity index (χ0v) is 16.7. The standard InChI is InChI=1S/C21H25ClN2O2/c1-6-16-19(20(25)26-5)18(13-7-9-14(22)10-8-13)15(12-23)17(24-16)11-21(2,3)4/h7-10,15,18H,6,11H2,1-5H3. The number of allylic oxidation sites excluding steroid dienone is 1. The van der Waals surface area contributed by atoms with Crippen LogP contribution in [0.4, 0.5) is 0 Å². The lowest BCUT2D eigenvalue weighted by Gasteiger charge is -2.33. The van der Waals surface area contributed by atoms with Crippen LogP contribution in [0, 0.1) is 22.7 Å². The second-order valence-electron chi connectivity index (χ2n) is 7.68. The summed E-state index contributed by atoms with van der Waals surface area (Å²) < 4.78 is 5.02. The summed E-state index contributed by atoms with van der Waals surface area (Å²) in [5.74, 6) is -1.35. The third kappa shape index (κ3) is 4.34. The molecule has 2 rings (SSSR count). The van der Waals surface area contributed by atoms with Crippen LogP contribution < -0.4 is 0 Å². The first kappa shape index (κ1) is 20.2. The Balaban J connectivity index is 2.68. The molecule has 138 valence electrons. The fourth-order valence-corrected chi connectivity index (χ4v) is 3.46. The summed E-state index contributed by atoms with van der Waals surface area (Å²) in [7, 11) is 1.36. The zero-order valence-electron chi connectivity index (χ0n) is 16.0. The zero-order chi connectivity index (χ0) is 19.5. The van der Waals surface area contributed by atoms with Gasteiger partial charge in [0, 0.05) is 16.7 Å². The number of hydrogen-bond acceptors (Lipinski definition) is 4. The van der Waals surface area contributed by atoms with Gasteiger partial charge in [-0.1, -0.05) is 51.4 Å². The van der Waals surface area contributed by atoms with E-state index in [4.69, 9.17) is 21.3 Å². The summed E-state index contributed by atoms with van der Waals surface area (Å²) in [6.07, 6.45) is 1.29. The van der Waals surface area contributed by atoms with Crippen LogP contribution in [0.2, 0.25) is 5.02 Å². The second kappa shape index (κ2) is 8.05. The smallest absolute Gasteiger partial charge is 0.336 e. The maximum atomic E-state index is 12.6. The van der Waals surface area contributed by atoms with Crippen molar-refractivity contribution in [3.63, 3.8) is 0 Å². The van der Waals surface area contributed by atoms with E-state index in [9.17, 15) is 10.1 Å². The van der Waals surface area contributed by atoms with Crippen LogP contribution in [0.3, 0.4) is 0 Å². The van der Waals surface area contributed by atoms with E-state index in [0.29, 0.717) is 29.1 Å².